The summed E-state index contributed by atoms with van der Waals surface area (Å²) < 4.78 is 23.6. The number of amides is 1. The number of aliphatic hydroxyl groups is 2. The third kappa shape index (κ3) is 8.70. The number of hydrogen-bond acceptors (Lipinski definition) is 13. The van der Waals surface area contributed by atoms with Gasteiger partial charge < -0.3 is 49.8 Å². The van der Waals surface area contributed by atoms with Crippen molar-refractivity contribution < 1.29 is 58.9 Å². The third-order valence-corrected chi connectivity index (χ3v) is 11.4. The lowest BCUT2D eigenvalue weighted by atomic mass is 9.78. The van der Waals surface area contributed by atoms with Gasteiger partial charge in [-0.1, -0.05) is 58.1 Å². The Morgan fingerprint density at radius 2 is 1.63 bits per heavy atom. The fourth-order valence-corrected chi connectivity index (χ4v) is 7.72. The van der Waals surface area contributed by atoms with E-state index in [2.05, 4.69) is 10.3 Å². The third-order valence-electron chi connectivity index (χ3n) is 11.4. The number of ether oxygens (including phenoxy) is 4. The first-order chi connectivity index (χ1) is 27.7. The fraction of sp³-hybridized carbons (Fsp3) is 0.422. The van der Waals surface area contributed by atoms with Gasteiger partial charge in [-0.15, -0.1) is 0 Å². The van der Waals surface area contributed by atoms with Crippen LogP contribution < -0.4 is 10.1 Å². The molecule has 3 aliphatic rings. The largest absolute Gasteiger partial charge is 0.507 e. The lowest BCUT2D eigenvalue weighted by molar-refractivity contribution is -0.160. The van der Waals surface area contributed by atoms with Gasteiger partial charge in [-0.25, -0.2) is 0 Å². The van der Waals surface area contributed by atoms with Crippen molar-refractivity contribution >= 4 is 46.0 Å². The number of phenolic OH excluding ortho intramolecular Hbond substituents is 3. The predicted octanol–water partition coefficient (Wildman–Crippen LogP) is 6.81. The molecule has 1 amide bonds. The first-order valence-electron chi connectivity index (χ1n) is 19.4. The highest BCUT2D eigenvalue weighted by Crippen LogP contribution is 2.55. The Balaban J connectivity index is 1.73. The van der Waals surface area contributed by atoms with E-state index in [-0.39, 0.29) is 44.5 Å². The smallest absolute Gasteiger partial charge is 0.312 e. The second-order valence-electron chi connectivity index (χ2n) is 15.7. The molecule has 0 saturated heterocycles. The van der Waals surface area contributed by atoms with Crippen molar-refractivity contribution in [2.24, 2.45) is 28.7 Å². The van der Waals surface area contributed by atoms with Gasteiger partial charge in [0.15, 0.2) is 5.75 Å². The molecule has 0 unspecified atom stereocenters. The highest BCUT2D eigenvalue weighted by atomic mass is 16.7. The molecule has 3 aromatic rings. The van der Waals surface area contributed by atoms with Crippen LogP contribution in [-0.2, 0) is 23.8 Å². The number of fused-ring (bicyclic) bond motifs is 14. The Kier molecular flexibility index (Phi) is 13.3. The van der Waals surface area contributed by atoms with Crippen LogP contribution >= 0.6 is 0 Å². The summed E-state index contributed by atoms with van der Waals surface area (Å²) >= 11 is 0. The summed E-state index contributed by atoms with van der Waals surface area (Å²) in [6.07, 6.45) is 4.74. The zero-order valence-corrected chi connectivity index (χ0v) is 34.9. The molecule has 3 aromatic carbocycles. The molecule has 6 N–H and O–H groups in total. The number of methoxy groups -OCH3 is 1. The van der Waals surface area contributed by atoms with Crippen molar-refractivity contribution in [2.45, 2.75) is 92.5 Å². The van der Waals surface area contributed by atoms with Crippen molar-refractivity contribution in [3.05, 3.63) is 82.7 Å². The van der Waals surface area contributed by atoms with E-state index in [1.54, 1.807) is 58.0 Å². The summed E-state index contributed by atoms with van der Waals surface area (Å²) in [4.78, 5) is 45.0. The second kappa shape index (κ2) is 17.7. The van der Waals surface area contributed by atoms with E-state index in [0.29, 0.717) is 5.69 Å². The standard InChI is InChI=1S/C45H54N2O12/c1-21-13-11-16-29(19-21)46-20-30-35-40(53)33-32(39(30)52)34-42(27(7)38(33)51)59-45(9,43(34)54)57-18-17-31(56-10)24(4)41(58-28(8)48)26(6)37(50)25(5)36(49)22(2)14-12-15-23(3)44(55)47-35/h11-20,22,24-26,31,36-37,41,49-53H,1-10H3,(H,47,55)/b14-12+,18-17+,23-15-,46-20?/t22-,24-,25-,26-,31+,36+,37+,41-,45+/m1/s1. The van der Waals surface area contributed by atoms with E-state index in [9.17, 15) is 39.9 Å². The van der Waals surface area contributed by atoms with E-state index < -0.39 is 88.8 Å². The van der Waals surface area contributed by atoms with E-state index in [0.717, 1.165) is 5.56 Å². The summed E-state index contributed by atoms with van der Waals surface area (Å²) in [6, 6.07) is 7.15. The molecule has 0 radical (unpaired) electrons. The van der Waals surface area contributed by atoms with Gasteiger partial charge in [0.05, 0.1) is 52.5 Å². The minimum Gasteiger partial charge on any atom is -0.507 e. The molecule has 6 rings (SSSR count). The highest BCUT2D eigenvalue weighted by Gasteiger charge is 2.50. The summed E-state index contributed by atoms with van der Waals surface area (Å²) in [7, 11) is 1.43. The maximum atomic E-state index is 14.4. The van der Waals surface area contributed by atoms with Crippen LogP contribution in [0.25, 0.3) is 10.8 Å². The number of allylic oxidation sites excluding steroid dienone is 2. The van der Waals surface area contributed by atoms with E-state index in [1.165, 1.54) is 59.4 Å². The number of aromatic hydroxyl groups is 3. The van der Waals surface area contributed by atoms with Gasteiger partial charge >= 0.3 is 11.8 Å². The SMILES string of the molecule is CO[C@H]1/C=C/O[C@@]2(C)Oc3c(C)c(O)c4c(O)c(c(C=Nc5cccc(C)c5)c(O)c4c3C2=O)NC(=O)/C(C)=C\C=C\[C@@H](C)[C@H](O)[C@@H](C)[C@H](O)[C@@H](C)[C@H](OC(C)=O)[C@@H]1C. The van der Waals surface area contributed by atoms with Crippen LogP contribution in [0.4, 0.5) is 11.4 Å². The minimum absolute atomic E-state index is 0.0442. The number of benzene rings is 3. The lowest BCUT2D eigenvalue weighted by Gasteiger charge is -2.38. The fourth-order valence-electron chi connectivity index (χ4n) is 7.72. The van der Waals surface area contributed by atoms with E-state index >= 15 is 0 Å². The van der Waals surface area contributed by atoms with Crippen LogP contribution in [0.5, 0.6) is 23.0 Å². The van der Waals surface area contributed by atoms with Crippen molar-refractivity contribution in [1.29, 1.82) is 0 Å². The summed E-state index contributed by atoms with van der Waals surface area (Å²) in [5.74, 6) is -8.49. The van der Waals surface area contributed by atoms with Gasteiger partial charge in [-0.3, -0.25) is 19.4 Å². The van der Waals surface area contributed by atoms with Crippen molar-refractivity contribution in [3.8, 4) is 23.0 Å². The van der Waals surface area contributed by atoms with Crippen LogP contribution in [0.3, 0.4) is 0 Å². The molecular weight excluding hydrogens is 760 g/mol. The molecule has 14 nitrogen and oxygen atoms in total. The summed E-state index contributed by atoms with van der Waals surface area (Å²) in [5, 5.41) is 60.4. The van der Waals surface area contributed by atoms with Gasteiger partial charge in [-0.2, -0.15) is 0 Å². The van der Waals surface area contributed by atoms with E-state index in [1.807, 2.05) is 13.0 Å². The maximum Gasteiger partial charge on any atom is 0.312 e. The number of esters is 1. The molecule has 3 heterocycles. The molecule has 0 saturated carbocycles. The second-order valence-corrected chi connectivity index (χ2v) is 15.7. The van der Waals surface area contributed by atoms with Gasteiger partial charge in [-0.05, 0) is 44.5 Å². The van der Waals surface area contributed by atoms with Crippen molar-refractivity contribution in [1.82, 2.24) is 0 Å². The number of nitrogens with zero attached hydrogens (tertiary/aromatic N) is 1. The highest BCUT2D eigenvalue weighted by molar-refractivity contribution is 6.24. The van der Waals surface area contributed by atoms with Gasteiger partial charge in [0.2, 0.25) is 0 Å². The Labute approximate surface area is 343 Å². The van der Waals surface area contributed by atoms with Gasteiger partial charge in [0.25, 0.3) is 11.7 Å². The van der Waals surface area contributed by atoms with Crippen LogP contribution in [0.1, 0.15) is 75.5 Å². The van der Waals surface area contributed by atoms with Crippen LogP contribution in [0, 0.1) is 37.5 Å². The molecule has 59 heavy (non-hydrogen) atoms. The molecular formula is C45H54N2O12. The Bertz CT molecular complexity index is 2260. The summed E-state index contributed by atoms with van der Waals surface area (Å²) in [6.45, 7) is 14.3. The van der Waals surface area contributed by atoms with Crippen LogP contribution in [0.2, 0.25) is 0 Å². The molecule has 3 aliphatic heterocycles. The average Bonchev–Trinajstić information content (AvgIpc) is 3.46. The van der Waals surface area contributed by atoms with Crippen molar-refractivity contribution in [3.63, 3.8) is 0 Å². The minimum atomic E-state index is -2.05. The number of carbonyl (C=O) groups excluding carboxylic acids is 3. The number of ketones is 1. The van der Waals surface area contributed by atoms with E-state index in [4.69, 9.17) is 18.9 Å². The number of hydrogen-bond donors (Lipinski definition) is 6. The Morgan fingerprint density at radius 1 is 0.932 bits per heavy atom. The first kappa shape index (κ1) is 44.4. The lowest BCUT2D eigenvalue weighted by Crippen LogP contribution is -2.46. The number of carbonyl (C=O) groups is 3. The number of nitrogens with one attached hydrogen (secondary N) is 1. The molecule has 0 fully saturated rings. The zero-order valence-electron chi connectivity index (χ0n) is 34.9. The molecule has 14 heteroatoms. The maximum absolute atomic E-state index is 14.4. The van der Waals surface area contributed by atoms with Gasteiger partial charge in [0, 0.05) is 67.4 Å². The van der Waals surface area contributed by atoms with Gasteiger partial charge in [0.1, 0.15) is 23.4 Å². The number of anilines is 1. The number of aliphatic imine (C=N–C) groups is 1. The molecule has 5 bridgehead atoms. The van der Waals surface area contributed by atoms with Crippen LogP contribution in [0.15, 0.2) is 65.4 Å². The topological polar surface area (TPSA) is 214 Å². The number of aliphatic hydroxyl groups excluding tert-OH is 2. The number of rotatable bonds is 4. The number of aryl methyl sites for hydroxylation is 1. The predicted molar refractivity (Wildman–Crippen MR) is 222 cm³/mol. The molecule has 0 aliphatic carbocycles. The molecule has 0 spiro atoms. The Hall–Kier alpha value is -5.70. The molecule has 0 aromatic heterocycles. The Morgan fingerprint density at radius 3 is 2.27 bits per heavy atom. The zero-order chi connectivity index (χ0) is 43.7. The molecule has 316 valence electrons. The quantitative estimate of drug-likeness (QED) is 0.0694. The van der Waals surface area contributed by atoms with Crippen LogP contribution in [-0.4, -0.2) is 86.7 Å². The van der Waals surface area contributed by atoms with Crippen molar-refractivity contribution in [2.75, 3.05) is 12.4 Å². The number of Topliss-reactive ketones (excluding diaryl/α,β-unsaturated/α-hetero) is 1. The first-order valence-corrected chi connectivity index (χ1v) is 19.4. The average molecular weight is 815 g/mol. The normalized spacial score (nSPS) is 30.1. The number of phenols is 3. The summed E-state index contributed by atoms with van der Waals surface area (Å²) in [5.41, 5.74) is 0.925. The molecule has 9 atom stereocenters. The monoisotopic (exact) mass is 814 g/mol.